The quantitative estimate of drug-likeness (QED) is 0.369. The van der Waals surface area contributed by atoms with Gasteiger partial charge < -0.3 is 14.6 Å². The van der Waals surface area contributed by atoms with Crippen molar-refractivity contribution in [2.45, 2.75) is 19.3 Å². The lowest BCUT2D eigenvalue weighted by Crippen LogP contribution is -2.40. The number of aromatic nitrogens is 2. The van der Waals surface area contributed by atoms with Crippen molar-refractivity contribution in [2.24, 2.45) is 4.99 Å². The number of aliphatic imine (C=N–C) groups is 1. The highest BCUT2D eigenvalue weighted by molar-refractivity contribution is 5.79. The first-order valence-corrected chi connectivity index (χ1v) is 7.70. The Hall–Kier alpha value is -2.30. The molecular weight excluding hydrogens is 274 g/mol. The monoisotopic (exact) mass is 299 g/mol. The molecule has 2 aromatic rings. The molecule has 0 aliphatic carbocycles. The molecule has 2 aromatic heterocycles. The van der Waals surface area contributed by atoms with E-state index in [4.69, 9.17) is 0 Å². The topological polar surface area (TPSA) is 44.9 Å². The van der Waals surface area contributed by atoms with Gasteiger partial charge in [-0.1, -0.05) is 12.1 Å². The van der Waals surface area contributed by atoms with Crippen LogP contribution in [0.3, 0.4) is 0 Å². The van der Waals surface area contributed by atoms with Crippen LogP contribution in [0.1, 0.15) is 18.5 Å². The standard InChI is InChI=1S/C17H25N5/c1-4-5-7-12-21(3)17(18-2)19-11-10-15-14-22-13-8-6-9-16(22)20-15/h4,6,8-9,13-14H,1,5,7,10-12H2,2-3H3,(H,18,19). The van der Waals surface area contributed by atoms with Crippen molar-refractivity contribution in [3.8, 4) is 0 Å². The van der Waals surface area contributed by atoms with Crippen molar-refractivity contribution in [3.63, 3.8) is 0 Å². The molecular formula is C17H25N5. The Morgan fingerprint density at radius 3 is 3.09 bits per heavy atom. The molecule has 5 heteroatoms. The van der Waals surface area contributed by atoms with E-state index >= 15 is 0 Å². The average Bonchev–Trinajstić information content (AvgIpc) is 2.94. The largest absolute Gasteiger partial charge is 0.356 e. The van der Waals surface area contributed by atoms with Gasteiger partial charge in [0.1, 0.15) is 5.65 Å². The Bertz CT molecular complexity index is 596. The smallest absolute Gasteiger partial charge is 0.193 e. The van der Waals surface area contributed by atoms with E-state index in [1.54, 1.807) is 0 Å². The molecule has 0 aromatic carbocycles. The zero-order valence-electron chi connectivity index (χ0n) is 13.5. The summed E-state index contributed by atoms with van der Waals surface area (Å²) in [6, 6.07) is 6.03. The number of guanidine groups is 1. The van der Waals surface area contributed by atoms with Crippen molar-refractivity contribution in [1.29, 1.82) is 0 Å². The summed E-state index contributed by atoms with van der Waals surface area (Å²) in [6.45, 7) is 5.54. The van der Waals surface area contributed by atoms with Crippen LogP contribution in [0.4, 0.5) is 0 Å². The minimum atomic E-state index is 0.822. The van der Waals surface area contributed by atoms with Crippen LogP contribution in [-0.2, 0) is 6.42 Å². The molecule has 0 saturated carbocycles. The van der Waals surface area contributed by atoms with Gasteiger partial charge in [0.2, 0.25) is 0 Å². The molecule has 118 valence electrons. The summed E-state index contributed by atoms with van der Waals surface area (Å²) in [5.41, 5.74) is 2.08. The molecule has 2 rings (SSSR count). The number of imidazole rings is 1. The van der Waals surface area contributed by atoms with Crippen LogP contribution in [0, 0.1) is 0 Å². The number of pyridine rings is 1. The fraction of sp³-hybridized carbons (Fsp3) is 0.412. The summed E-state index contributed by atoms with van der Waals surface area (Å²) in [7, 11) is 3.88. The summed E-state index contributed by atoms with van der Waals surface area (Å²) in [5, 5.41) is 3.39. The van der Waals surface area contributed by atoms with Gasteiger partial charge in [0, 0.05) is 46.0 Å². The molecule has 0 saturated heterocycles. The maximum Gasteiger partial charge on any atom is 0.193 e. The van der Waals surface area contributed by atoms with E-state index in [9.17, 15) is 0 Å². The van der Waals surface area contributed by atoms with E-state index in [0.717, 1.165) is 49.7 Å². The van der Waals surface area contributed by atoms with Crippen molar-refractivity contribution in [1.82, 2.24) is 19.6 Å². The minimum absolute atomic E-state index is 0.822. The van der Waals surface area contributed by atoms with Gasteiger partial charge >= 0.3 is 0 Å². The molecule has 0 aliphatic heterocycles. The minimum Gasteiger partial charge on any atom is -0.356 e. The molecule has 5 nitrogen and oxygen atoms in total. The van der Waals surface area contributed by atoms with Crippen LogP contribution < -0.4 is 5.32 Å². The Balaban J connectivity index is 1.82. The molecule has 0 fully saturated rings. The predicted molar refractivity (Wildman–Crippen MR) is 92.3 cm³/mol. The highest BCUT2D eigenvalue weighted by atomic mass is 15.3. The normalized spacial score (nSPS) is 11.6. The van der Waals surface area contributed by atoms with Gasteiger partial charge in [0.05, 0.1) is 5.69 Å². The van der Waals surface area contributed by atoms with Gasteiger partial charge in [-0.25, -0.2) is 4.98 Å². The highest BCUT2D eigenvalue weighted by Crippen LogP contribution is 2.04. The molecule has 1 N–H and O–H groups in total. The highest BCUT2D eigenvalue weighted by Gasteiger charge is 2.05. The Kier molecular flexibility index (Phi) is 6.01. The lowest BCUT2D eigenvalue weighted by molar-refractivity contribution is 0.470. The van der Waals surface area contributed by atoms with E-state index in [0.29, 0.717) is 0 Å². The maximum atomic E-state index is 4.60. The Morgan fingerprint density at radius 1 is 1.50 bits per heavy atom. The number of unbranched alkanes of at least 4 members (excludes halogenated alkanes) is 1. The average molecular weight is 299 g/mol. The van der Waals surface area contributed by atoms with E-state index < -0.39 is 0 Å². The van der Waals surface area contributed by atoms with Crippen LogP contribution in [0.2, 0.25) is 0 Å². The van der Waals surface area contributed by atoms with Crippen molar-refractivity contribution in [3.05, 3.63) is 48.9 Å². The SMILES string of the molecule is C=CCCCN(C)C(=NC)NCCc1cn2ccccc2n1. The number of nitrogens with zero attached hydrogens (tertiary/aromatic N) is 4. The second-order valence-corrected chi connectivity index (χ2v) is 5.27. The number of fused-ring (bicyclic) bond motifs is 1. The fourth-order valence-electron chi connectivity index (χ4n) is 2.37. The zero-order chi connectivity index (χ0) is 15.8. The maximum absolute atomic E-state index is 4.60. The van der Waals surface area contributed by atoms with E-state index in [-0.39, 0.29) is 0 Å². The second kappa shape index (κ2) is 8.22. The van der Waals surface area contributed by atoms with Crippen molar-refractivity contribution in [2.75, 3.05) is 27.2 Å². The van der Waals surface area contributed by atoms with Gasteiger partial charge in [0.25, 0.3) is 0 Å². The zero-order valence-corrected chi connectivity index (χ0v) is 13.5. The first-order chi connectivity index (χ1) is 10.7. The Morgan fingerprint density at radius 2 is 2.36 bits per heavy atom. The van der Waals surface area contributed by atoms with E-state index in [1.165, 1.54) is 0 Å². The number of rotatable bonds is 7. The van der Waals surface area contributed by atoms with E-state index in [2.05, 4.69) is 40.0 Å². The van der Waals surface area contributed by atoms with Crippen LogP contribution >= 0.6 is 0 Å². The number of hydrogen-bond acceptors (Lipinski definition) is 2. The third-order valence-electron chi connectivity index (χ3n) is 3.55. The van der Waals surface area contributed by atoms with Crippen molar-refractivity contribution < 1.29 is 0 Å². The number of allylic oxidation sites excluding steroid dienone is 1. The van der Waals surface area contributed by atoms with Gasteiger partial charge in [-0.15, -0.1) is 6.58 Å². The summed E-state index contributed by atoms with van der Waals surface area (Å²) in [6.07, 6.45) is 9.05. The lowest BCUT2D eigenvalue weighted by Gasteiger charge is -2.21. The van der Waals surface area contributed by atoms with Gasteiger partial charge in [0.15, 0.2) is 5.96 Å². The molecule has 0 unspecified atom stereocenters. The number of nitrogens with one attached hydrogen (secondary N) is 1. The summed E-state index contributed by atoms with van der Waals surface area (Å²) in [4.78, 5) is 11.1. The molecule has 22 heavy (non-hydrogen) atoms. The van der Waals surface area contributed by atoms with Gasteiger partial charge in [-0.3, -0.25) is 4.99 Å². The van der Waals surface area contributed by atoms with Gasteiger partial charge in [-0.2, -0.15) is 0 Å². The molecule has 0 aliphatic rings. The van der Waals surface area contributed by atoms with Crippen LogP contribution in [0.5, 0.6) is 0 Å². The van der Waals surface area contributed by atoms with Crippen LogP contribution in [0.25, 0.3) is 5.65 Å². The first-order valence-electron chi connectivity index (χ1n) is 7.70. The molecule has 0 amide bonds. The van der Waals surface area contributed by atoms with Crippen LogP contribution in [-0.4, -0.2) is 47.4 Å². The summed E-state index contributed by atoms with van der Waals surface area (Å²) < 4.78 is 2.05. The third kappa shape index (κ3) is 4.35. The molecule has 0 bridgehead atoms. The lowest BCUT2D eigenvalue weighted by atomic mass is 10.3. The summed E-state index contributed by atoms with van der Waals surface area (Å²) >= 11 is 0. The first kappa shape index (κ1) is 16.1. The number of hydrogen-bond donors (Lipinski definition) is 1. The van der Waals surface area contributed by atoms with E-state index in [1.807, 2.05) is 41.9 Å². The summed E-state index contributed by atoms with van der Waals surface area (Å²) in [5.74, 6) is 0.924. The Labute approximate surface area is 132 Å². The predicted octanol–water partition coefficient (Wildman–Crippen LogP) is 2.35. The molecule has 0 radical (unpaired) electrons. The van der Waals surface area contributed by atoms with Crippen molar-refractivity contribution >= 4 is 11.6 Å². The molecule has 0 spiro atoms. The fourth-order valence-corrected chi connectivity index (χ4v) is 2.37. The molecule has 0 atom stereocenters. The molecule has 2 heterocycles. The van der Waals surface area contributed by atoms with Crippen LogP contribution in [0.15, 0.2) is 48.2 Å². The third-order valence-corrected chi connectivity index (χ3v) is 3.55. The van der Waals surface area contributed by atoms with Gasteiger partial charge in [-0.05, 0) is 25.0 Å². The second-order valence-electron chi connectivity index (χ2n) is 5.27.